The second-order valence-corrected chi connectivity index (χ2v) is 5.24. The molecule has 1 heterocycles. The van der Waals surface area contributed by atoms with Crippen molar-refractivity contribution in [3.8, 4) is 0 Å². The van der Waals surface area contributed by atoms with E-state index in [1.807, 2.05) is 0 Å². The molecule has 1 saturated heterocycles. The Labute approximate surface area is 116 Å². The average molecular weight is 271 g/mol. The summed E-state index contributed by atoms with van der Waals surface area (Å²) in [7, 11) is 1.59. The molecule has 112 valence electrons. The summed E-state index contributed by atoms with van der Waals surface area (Å²) < 4.78 is 5.10. The van der Waals surface area contributed by atoms with E-state index in [-0.39, 0.29) is 12.0 Å². The lowest BCUT2D eigenvalue weighted by Crippen LogP contribution is -2.44. The second kappa shape index (κ2) is 9.28. The minimum atomic E-state index is -0.168. The van der Waals surface area contributed by atoms with E-state index in [0.717, 1.165) is 19.6 Å². The minimum Gasteiger partial charge on any atom is -0.380 e. The van der Waals surface area contributed by atoms with Crippen molar-refractivity contribution in [3.63, 3.8) is 0 Å². The van der Waals surface area contributed by atoms with Crippen LogP contribution >= 0.6 is 0 Å². The highest BCUT2D eigenvalue weighted by atomic mass is 16.5. The van der Waals surface area contributed by atoms with Gasteiger partial charge in [-0.15, -0.1) is 0 Å². The lowest BCUT2D eigenvalue weighted by atomic mass is 10.0. The predicted molar refractivity (Wildman–Crippen MR) is 77.0 cm³/mol. The Hall–Kier alpha value is -0.650. The van der Waals surface area contributed by atoms with Crippen molar-refractivity contribution in [1.82, 2.24) is 10.2 Å². The fourth-order valence-corrected chi connectivity index (χ4v) is 2.70. The van der Waals surface area contributed by atoms with Crippen molar-refractivity contribution in [2.24, 2.45) is 5.73 Å². The monoisotopic (exact) mass is 271 g/mol. The van der Waals surface area contributed by atoms with Gasteiger partial charge in [-0.2, -0.15) is 0 Å². The number of nitrogens with two attached hydrogens (primary N) is 1. The van der Waals surface area contributed by atoms with Crippen molar-refractivity contribution >= 4 is 5.91 Å². The molecule has 0 aromatic carbocycles. The zero-order valence-electron chi connectivity index (χ0n) is 12.4. The predicted octanol–water partition coefficient (Wildman–Crippen LogP) is 0.731. The Morgan fingerprint density at radius 2 is 2.32 bits per heavy atom. The van der Waals surface area contributed by atoms with E-state index in [4.69, 9.17) is 10.5 Å². The maximum absolute atomic E-state index is 11.7. The summed E-state index contributed by atoms with van der Waals surface area (Å²) in [5, 5.41) is 2.96. The molecule has 1 aliphatic heterocycles. The molecule has 1 fully saturated rings. The molecule has 2 atom stereocenters. The van der Waals surface area contributed by atoms with Crippen LogP contribution in [-0.2, 0) is 9.53 Å². The summed E-state index contributed by atoms with van der Waals surface area (Å²) in [5.41, 5.74) is 5.50. The van der Waals surface area contributed by atoms with Crippen LogP contribution in [0, 0.1) is 0 Å². The van der Waals surface area contributed by atoms with Gasteiger partial charge in [0.05, 0.1) is 12.5 Å². The normalized spacial score (nSPS) is 22.2. The lowest BCUT2D eigenvalue weighted by Gasteiger charge is -2.35. The van der Waals surface area contributed by atoms with E-state index >= 15 is 0 Å². The third-order valence-corrected chi connectivity index (χ3v) is 3.95. The fourth-order valence-electron chi connectivity index (χ4n) is 2.70. The number of nitrogens with zero attached hydrogens (tertiary/aromatic N) is 1. The van der Waals surface area contributed by atoms with Gasteiger partial charge in [-0.25, -0.2) is 0 Å². The zero-order valence-corrected chi connectivity index (χ0v) is 12.4. The molecular formula is C14H29N3O2. The maximum atomic E-state index is 11.7. The zero-order chi connectivity index (χ0) is 14.1. The first-order valence-corrected chi connectivity index (χ1v) is 7.44. The van der Waals surface area contributed by atoms with Gasteiger partial charge in [-0.05, 0) is 25.8 Å². The average Bonchev–Trinajstić information content (AvgIpc) is 2.45. The Morgan fingerprint density at radius 1 is 1.53 bits per heavy atom. The standard InChI is InChI=1S/C14H29N3O2/c1-3-12-6-4-5-8-17(12)9-7-16-14(18)10-13(11-15)19-2/h12-13H,3-11,15H2,1-2H3,(H,16,18). The molecule has 2 unspecified atom stereocenters. The number of hydrogen-bond donors (Lipinski definition) is 2. The molecule has 1 rings (SSSR count). The summed E-state index contributed by atoms with van der Waals surface area (Å²) in [6.45, 7) is 5.46. The summed E-state index contributed by atoms with van der Waals surface area (Å²) >= 11 is 0. The first-order valence-electron chi connectivity index (χ1n) is 7.44. The molecule has 19 heavy (non-hydrogen) atoms. The van der Waals surface area contributed by atoms with Gasteiger partial charge in [0, 0.05) is 32.8 Å². The van der Waals surface area contributed by atoms with E-state index in [1.54, 1.807) is 7.11 Å². The van der Waals surface area contributed by atoms with E-state index in [9.17, 15) is 4.79 Å². The van der Waals surface area contributed by atoms with Crippen LogP contribution in [0.3, 0.4) is 0 Å². The molecule has 0 aliphatic carbocycles. The van der Waals surface area contributed by atoms with E-state index < -0.39 is 0 Å². The summed E-state index contributed by atoms with van der Waals surface area (Å²) in [6.07, 6.45) is 5.30. The van der Waals surface area contributed by atoms with Crippen molar-refractivity contribution in [3.05, 3.63) is 0 Å². The molecule has 0 radical (unpaired) electrons. The van der Waals surface area contributed by atoms with Gasteiger partial charge in [-0.3, -0.25) is 9.69 Å². The van der Waals surface area contributed by atoms with E-state index in [1.165, 1.54) is 25.7 Å². The number of carbonyl (C=O) groups is 1. The summed E-state index contributed by atoms with van der Waals surface area (Å²) in [6, 6.07) is 0.696. The smallest absolute Gasteiger partial charge is 0.222 e. The number of methoxy groups -OCH3 is 1. The third-order valence-electron chi connectivity index (χ3n) is 3.95. The maximum Gasteiger partial charge on any atom is 0.222 e. The molecule has 0 aromatic heterocycles. The summed E-state index contributed by atoms with van der Waals surface area (Å²) in [4.78, 5) is 14.2. The Kier molecular flexibility index (Phi) is 8.02. The number of piperidine rings is 1. The van der Waals surface area contributed by atoms with Crippen molar-refractivity contribution in [2.45, 2.75) is 51.2 Å². The van der Waals surface area contributed by atoms with Crippen LogP contribution in [0.2, 0.25) is 0 Å². The molecule has 3 N–H and O–H groups in total. The molecule has 0 spiro atoms. The van der Waals surface area contributed by atoms with Crippen LogP contribution in [0.5, 0.6) is 0 Å². The number of carbonyl (C=O) groups excluding carboxylic acids is 1. The van der Waals surface area contributed by atoms with Crippen molar-refractivity contribution in [1.29, 1.82) is 0 Å². The van der Waals surface area contributed by atoms with Crippen molar-refractivity contribution < 1.29 is 9.53 Å². The first-order chi connectivity index (χ1) is 9.21. The van der Waals surface area contributed by atoms with Crippen LogP contribution in [0.4, 0.5) is 0 Å². The van der Waals surface area contributed by atoms with Gasteiger partial charge < -0.3 is 15.8 Å². The van der Waals surface area contributed by atoms with Gasteiger partial charge in [0.2, 0.25) is 5.91 Å². The largest absolute Gasteiger partial charge is 0.380 e. The van der Waals surface area contributed by atoms with Gasteiger partial charge in [-0.1, -0.05) is 13.3 Å². The second-order valence-electron chi connectivity index (χ2n) is 5.24. The van der Waals surface area contributed by atoms with E-state index in [0.29, 0.717) is 19.0 Å². The Bertz CT molecular complexity index is 257. The number of ether oxygens (including phenoxy) is 1. The quantitative estimate of drug-likeness (QED) is 0.683. The highest BCUT2D eigenvalue weighted by Crippen LogP contribution is 2.18. The number of likely N-dealkylation sites (tertiary alicyclic amines) is 1. The van der Waals surface area contributed by atoms with E-state index in [2.05, 4.69) is 17.1 Å². The molecule has 1 aliphatic rings. The number of amides is 1. The van der Waals surface area contributed by atoms with Crippen LogP contribution < -0.4 is 11.1 Å². The van der Waals surface area contributed by atoms with Crippen molar-refractivity contribution in [2.75, 3.05) is 33.3 Å². The Balaban J connectivity index is 2.19. The number of rotatable bonds is 8. The highest BCUT2D eigenvalue weighted by Gasteiger charge is 2.20. The highest BCUT2D eigenvalue weighted by molar-refractivity contribution is 5.76. The molecule has 0 bridgehead atoms. The van der Waals surface area contributed by atoms with Crippen LogP contribution in [-0.4, -0.2) is 56.2 Å². The molecule has 5 heteroatoms. The first kappa shape index (κ1) is 16.4. The molecule has 0 aromatic rings. The van der Waals surface area contributed by atoms with Gasteiger partial charge in [0.1, 0.15) is 0 Å². The molecule has 5 nitrogen and oxygen atoms in total. The van der Waals surface area contributed by atoms with Crippen LogP contribution in [0.25, 0.3) is 0 Å². The summed E-state index contributed by atoms with van der Waals surface area (Å²) in [5.74, 6) is 0.0300. The topological polar surface area (TPSA) is 67.6 Å². The fraction of sp³-hybridized carbons (Fsp3) is 0.929. The lowest BCUT2D eigenvalue weighted by molar-refractivity contribution is -0.123. The van der Waals surface area contributed by atoms with Crippen LogP contribution in [0.15, 0.2) is 0 Å². The molecule has 1 amide bonds. The van der Waals surface area contributed by atoms with Crippen LogP contribution in [0.1, 0.15) is 39.0 Å². The Morgan fingerprint density at radius 3 is 2.95 bits per heavy atom. The minimum absolute atomic E-state index is 0.0300. The third kappa shape index (κ3) is 5.89. The van der Waals surface area contributed by atoms with Gasteiger partial charge in [0.15, 0.2) is 0 Å². The molecular weight excluding hydrogens is 242 g/mol. The van der Waals surface area contributed by atoms with Gasteiger partial charge in [0.25, 0.3) is 0 Å². The molecule has 0 saturated carbocycles. The van der Waals surface area contributed by atoms with Gasteiger partial charge >= 0.3 is 0 Å². The SMILES string of the molecule is CCC1CCCCN1CCNC(=O)CC(CN)OC. The number of hydrogen-bond acceptors (Lipinski definition) is 4. The number of nitrogens with one attached hydrogen (secondary N) is 1.